The SMILES string of the molecule is COc1ccc(-c2cc(F)ccc2C=O)c2ccccc12. The fourth-order valence-electron chi connectivity index (χ4n) is 2.55. The minimum Gasteiger partial charge on any atom is -0.496 e. The second-order valence-electron chi connectivity index (χ2n) is 4.71. The van der Waals surface area contributed by atoms with Crippen molar-refractivity contribution in [3.8, 4) is 16.9 Å². The van der Waals surface area contributed by atoms with Crippen molar-refractivity contribution in [1.82, 2.24) is 0 Å². The van der Waals surface area contributed by atoms with Crippen LogP contribution in [0.3, 0.4) is 0 Å². The van der Waals surface area contributed by atoms with Gasteiger partial charge in [0.25, 0.3) is 0 Å². The zero-order valence-corrected chi connectivity index (χ0v) is 11.5. The second kappa shape index (κ2) is 5.37. The summed E-state index contributed by atoms with van der Waals surface area (Å²) in [7, 11) is 1.61. The van der Waals surface area contributed by atoms with E-state index in [0.717, 1.165) is 28.4 Å². The maximum atomic E-state index is 13.6. The lowest BCUT2D eigenvalue weighted by atomic mass is 9.94. The lowest BCUT2D eigenvalue weighted by Crippen LogP contribution is -1.92. The Balaban J connectivity index is 2.36. The van der Waals surface area contributed by atoms with Gasteiger partial charge < -0.3 is 4.74 Å². The molecule has 3 aromatic carbocycles. The number of benzene rings is 3. The molecule has 0 saturated heterocycles. The number of aldehydes is 1. The Kier molecular flexibility index (Phi) is 3.40. The summed E-state index contributed by atoms with van der Waals surface area (Å²) in [6, 6.07) is 15.6. The predicted molar refractivity (Wildman–Crippen MR) is 81.3 cm³/mol. The van der Waals surface area contributed by atoms with Gasteiger partial charge in [-0.25, -0.2) is 4.39 Å². The van der Waals surface area contributed by atoms with Gasteiger partial charge in [-0.2, -0.15) is 0 Å². The molecule has 0 spiro atoms. The Hall–Kier alpha value is -2.68. The van der Waals surface area contributed by atoms with Crippen LogP contribution < -0.4 is 4.74 Å². The van der Waals surface area contributed by atoms with Crippen LogP contribution in [0.15, 0.2) is 54.6 Å². The second-order valence-corrected chi connectivity index (χ2v) is 4.71. The third kappa shape index (κ3) is 2.27. The van der Waals surface area contributed by atoms with Crippen LogP contribution in [0.4, 0.5) is 4.39 Å². The first kappa shape index (κ1) is 13.3. The van der Waals surface area contributed by atoms with E-state index in [4.69, 9.17) is 4.74 Å². The summed E-state index contributed by atoms with van der Waals surface area (Å²) < 4.78 is 18.9. The average Bonchev–Trinajstić information content (AvgIpc) is 2.53. The zero-order chi connectivity index (χ0) is 14.8. The molecule has 0 aliphatic heterocycles. The summed E-state index contributed by atoms with van der Waals surface area (Å²) in [5, 5.41) is 1.85. The number of rotatable bonds is 3. The molecule has 0 aromatic heterocycles. The van der Waals surface area contributed by atoms with Crippen LogP contribution >= 0.6 is 0 Å². The largest absolute Gasteiger partial charge is 0.496 e. The Labute approximate surface area is 121 Å². The number of hydrogen-bond donors (Lipinski definition) is 0. The fourth-order valence-corrected chi connectivity index (χ4v) is 2.55. The Morgan fingerprint density at radius 1 is 0.952 bits per heavy atom. The molecule has 0 amide bonds. The molecule has 0 radical (unpaired) electrons. The van der Waals surface area contributed by atoms with Gasteiger partial charge in [-0.15, -0.1) is 0 Å². The average molecular weight is 280 g/mol. The van der Waals surface area contributed by atoms with Gasteiger partial charge in [-0.05, 0) is 40.8 Å². The maximum absolute atomic E-state index is 13.6. The highest BCUT2D eigenvalue weighted by Gasteiger charge is 2.11. The third-order valence-corrected chi connectivity index (χ3v) is 3.54. The topological polar surface area (TPSA) is 26.3 Å². The molecule has 3 rings (SSSR count). The highest BCUT2D eigenvalue weighted by Crippen LogP contribution is 2.35. The maximum Gasteiger partial charge on any atom is 0.150 e. The number of methoxy groups -OCH3 is 1. The Morgan fingerprint density at radius 3 is 2.43 bits per heavy atom. The number of halogens is 1. The molecule has 3 heteroatoms. The summed E-state index contributed by atoms with van der Waals surface area (Å²) in [6.45, 7) is 0. The summed E-state index contributed by atoms with van der Waals surface area (Å²) in [4.78, 5) is 11.2. The molecule has 0 aliphatic rings. The summed E-state index contributed by atoms with van der Waals surface area (Å²) in [6.07, 6.45) is 0.744. The van der Waals surface area contributed by atoms with Crippen molar-refractivity contribution in [1.29, 1.82) is 0 Å². The van der Waals surface area contributed by atoms with Crippen LogP contribution in [-0.4, -0.2) is 13.4 Å². The van der Waals surface area contributed by atoms with Crippen molar-refractivity contribution in [2.45, 2.75) is 0 Å². The van der Waals surface area contributed by atoms with E-state index >= 15 is 0 Å². The molecule has 21 heavy (non-hydrogen) atoms. The van der Waals surface area contributed by atoms with E-state index in [0.29, 0.717) is 11.1 Å². The quantitative estimate of drug-likeness (QED) is 0.662. The molecule has 3 aromatic rings. The molecule has 0 fully saturated rings. The van der Waals surface area contributed by atoms with Gasteiger partial charge in [-0.3, -0.25) is 4.79 Å². The van der Waals surface area contributed by atoms with Crippen LogP contribution in [-0.2, 0) is 0 Å². The van der Waals surface area contributed by atoms with E-state index in [1.54, 1.807) is 7.11 Å². The van der Waals surface area contributed by atoms with E-state index < -0.39 is 0 Å². The number of ether oxygens (including phenoxy) is 1. The molecule has 0 N–H and O–H groups in total. The fraction of sp³-hybridized carbons (Fsp3) is 0.0556. The molecular formula is C18H13FO2. The van der Waals surface area contributed by atoms with Crippen molar-refractivity contribution in [3.63, 3.8) is 0 Å². The van der Waals surface area contributed by atoms with Gasteiger partial charge in [0.1, 0.15) is 11.6 Å². The molecule has 0 saturated carbocycles. The predicted octanol–water partition coefficient (Wildman–Crippen LogP) is 4.47. The Morgan fingerprint density at radius 2 is 1.71 bits per heavy atom. The monoisotopic (exact) mass is 280 g/mol. The number of hydrogen-bond acceptors (Lipinski definition) is 2. The minimum atomic E-state index is -0.365. The molecule has 0 bridgehead atoms. The van der Waals surface area contributed by atoms with E-state index in [2.05, 4.69) is 0 Å². The van der Waals surface area contributed by atoms with Crippen LogP contribution in [0.2, 0.25) is 0 Å². The highest BCUT2D eigenvalue weighted by molar-refractivity contribution is 6.03. The zero-order valence-electron chi connectivity index (χ0n) is 11.5. The third-order valence-electron chi connectivity index (χ3n) is 3.54. The smallest absolute Gasteiger partial charge is 0.150 e. The van der Waals surface area contributed by atoms with Crippen molar-refractivity contribution in [2.75, 3.05) is 7.11 Å². The molecule has 104 valence electrons. The first-order valence-electron chi connectivity index (χ1n) is 6.55. The first-order chi connectivity index (χ1) is 10.2. The van der Waals surface area contributed by atoms with E-state index in [1.165, 1.54) is 18.2 Å². The standard InChI is InChI=1S/C18H13FO2/c1-21-18-9-8-15(14-4-2-3-5-16(14)18)17-10-13(19)7-6-12(17)11-20/h2-11H,1H3. The summed E-state index contributed by atoms with van der Waals surface area (Å²) in [5.41, 5.74) is 1.86. The molecule has 0 aliphatic carbocycles. The van der Waals surface area contributed by atoms with Gasteiger partial charge in [0, 0.05) is 10.9 Å². The van der Waals surface area contributed by atoms with E-state index in [9.17, 15) is 9.18 Å². The van der Waals surface area contributed by atoms with Crippen LogP contribution in [0.25, 0.3) is 21.9 Å². The van der Waals surface area contributed by atoms with Crippen molar-refractivity contribution >= 4 is 17.1 Å². The van der Waals surface area contributed by atoms with Crippen LogP contribution in [0, 0.1) is 5.82 Å². The Bertz CT molecular complexity index is 825. The van der Waals surface area contributed by atoms with Crippen molar-refractivity contribution in [3.05, 3.63) is 66.0 Å². The normalized spacial score (nSPS) is 10.6. The summed E-state index contributed by atoms with van der Waals surface area (Å²) in [5.74, 6) is 0.383. The van der Waals surface area contributed by atoms with Crippen molar-refractivity contribution < 1.29 is 13.9 Å². The number of carbonyl (C=O) groups is 1. The van der Waals surface area contributed by atoms with Gasteiger partial charge in [0.2, 0.25) is 0 Å². The van der Waals surface area contributed by atoms with Crippen LogP contribution in [0.5, 0.6) is 5.75 Å². The molecule has 2 nitrogen and oxygen atoms in total. The number of fused-ring (bicyclic) bond motifs is 1. The lowest BCUT2D eigenvalue weighted by Gasteiger charge is -2.12. The lowest BCUT2D eigenvalue weighted by molar-refractivity contribution is 0.112. The molecule has 0 atom stereocenters. The van der Waals surface area contributed by atoms with Crippen molar-refractivity contribution in [2.24, 2.45) is 0 Å². The van der Waals surface area contributed by atoms with Gasteiger partial charge in [-0.1, -0.05) is 30.3 Å². The molecule has 0 unspecified atom stereocenters. The van der Waals surface area contributed by atoms with Gasteiger partial charge in [0.15, 0.2) is 6.29 Å². The van der Waals surface area contributed by atoms with Gasteiger partial charge >= 0.3 is 0 Å². The first-order valence-corrected chi connectivity index (χ1v) is 6.55. The van der Waals surface area contributed by atoms with Gasteiger partial charge in [0.05, 0.1) is 7.11 Å². The molecule has 0 heterocycles. The summed E-state index contributed by atoms with van der Waals surface area (Å²) >= 11 is 0. The van der Waals surface area contributed by atoms with E-state index in [1.807, 2.05) is 36.4 Å². The number of carbonyl (C=O) groups excluding carboxylic acids is 1. The van der Waals surface area contributed by atoms with E-state index in [-0.39, 0.29) is 5.82 Å². The molecular weight excluding hydrogens is 267 g/mol. The minimum absolute atomic E-state index is 0.365. The van der Waals surface area contributed by atoms with Crippen LogP contribution in [0.1, 0.15) is 10.4 Å². The highest BCUT2D eigenvalue weighted by atomic mass is 19.1.